The molecule has 0 aliphatic carbocycles. The number of fused-ring (bicyclic) bond motifs is 1. The summed E-state index contributed by atoms with van der Waals surface area (Å²) in [5, 5.41) is 5.71. The van der Waals surface area contributed by atoms with E-state index in [0.717, 1.165) is 29.2 Å². The van der Waals surface area contributed by atoms with Gasteiger partial charge in [0.15, 0.2) is 10.3 Å². The third kappa shape index (κ3) is 2.99. The summed E-state index contributed by atoms with van der Waals surface area (Å²) in [7, 11) is 0. The first-order valence-electron chi connectivity index (χ1n) is 6.65. The van der Waals surface area contributed by atoms with Crippen molar-refractivity contribution in [2.45, 2.75) is 38.8 Å². The molecule has 3 aliphatic heterocycles. The first kappa shape index (κ1) is 15.0. The van der Waals surface area contributed by atoms with Crippen LogP contribution in [0.15, 0.2) is 18.6 Å². The monoisotopic (exact) mass is 422 g/mol. The fourth-order valence-corrected chi connectivity index (χ4v) is 5.87. The second-order valence-electron chi connectivity index (χ2n) is 6.53. The van der Waals surface area contributed by atoms with Gasteiger partial charge < -0.3 is 10.2 Å². The number of nitrogens with zero attached hydrogens (tertiary/aromatic N) is 3. The Balaban J connectivity index is 1.64. The Hall–Kier alpha value is 0.110. The van der Waals surface area contributed by atoms with E-state index < -0.39 is 0 Å². The topological polar surface area (TPSA) is 40.0 Å². The molecule has 0 radical (unpaired) electrons. The highest BCUT2D eigenvalue weighted by molar-refractivity contribution is 14.1. The smallest absolute Gasteiger partial charge is 0.169 e. The van der Waals surface area contributed by atoms with E-state index in [9.17, 15) is 0 Å². The van der Waals surface area contributed by atoms with Crippen LogP contribution in [0.1, 0.15) is 27.7 Å². The Morgan fingerprint density at radius 3 is 2.80 bits per heavy atom. The van der Waals surface area contributed by atoms with Crippen molar-refractivity contribution in [1.82, 2.24) is 10.2 Å². The van der Waals surface area contributed by atoms with Crippen molar-refractivity contribution in [2.75, 3.05) is 18.8 Å². The number of aliphatic imine (C=N–C) groups is 2. The molecule has 20 heavy (non-hydrogen) atoms. The van der Waals surface area contributed by atoms with E-state index in [1.807, 2.05) is 0 Å². The minimum absolute atomic E-state index is 0.0424. The minimum Gasteiger partial charge on any atom is -0.358 e. The van der Waals surface area contributed by atoms with E-state index >= 15 is 0 Å². The van der Waals surface area contributed by atoms with Crippen molar-refractivity contribution in [3.8, 4) is 0 Å². The molecule has 0 fully saturated rings. The molecule has 1 N–H and O–H groups in total. The van der Waals surface area contributed by atoms with Gasteiger partial charge >= 0.3 is 0 Å². The van der Waals surface area contributed by atoms with Gasteiger partial charge in [0.25, 0.3) is 0 Å². The van der Waals surface area contributed by atoms with Crippen molar-refractivity contribution in [1.29, 1.82) is 0 Å². The summed E-state index contributed by atoms with van der Waals surface area (Å²) in [5.74, 6) is 0.961. The van der Waals surface area contributed by atoms with Crippen molar-refractivity contribution in [3.63, 3.8) is 0 Å². The molecule has 0 unspecified atom stereocenters. The van der Waals surface area contributed by atoms with Gasteiger partial charge in [-0.1, -0.05) is 11.8 Å². The highest BCUT2D eigenvalue weighted by atomic mass is 127. The number of nitrogens with one attached hydrogen (secondary N) is 1. The van der Waals surface area contributed by atoms with E-state index in [1.165, 1.54) is 8.61 Å². The maximum absolute atomic E-state index is 4.79. The fourth-order valence-electron chi connectivity index (χ4n) is 2.33. The molecule has 0 saturated heterocycles. The molecule has 0 bridgehead atoms. The summed E-state index contributed by atoms with van der Waals surface area (Å²) in [5.41, 5.74) is 1.54. The van der Waals surface area contributed by atoms with Crippen LogP contribution in [0.4, 0.5) is 0 Å². The number of rotatable bonds is 2. The van der Waals surface area contributed by atoms with Crippen LogP contribution in [-0.2, 0) is 0 Å². The van der Waals surface area contributed by atoms with Gasteiger partial charge in [0, 0.05) is 12.3 Å². The van der Waals surface area contributed by atoms with E-state index in [1.54, 1.807) is 23.5 Å². The standard InChI is InChI=1S/C13H19IN4S2/c1-12(2)6-15-10(16-12)19-5-8-9(14)20-11-17-13(3,4)7-18(8)11/h5-7H2,1-4H3,(H,15,16). The number of hydrogen-bond donors (Lipinski definition) is 1. The maximum Gasteiger partial charge on any atom is 0.169 e. The molecule has 3 aliphatic rings. The molecule has 0 aromatic carbocycles. The Labute approximate surface area is 142 Å². The van der Waals surface area contributed by atoms with Gasteiger partial charge in [-0.05, 0) is 62.0 Å². The third-order valence-corrected chi connectivity index (χ3v) is 6.43. The Kier molecular flexibility index (Phi) is 3.82. The van der Waals surface area contributed by atoms with Crippen molar-refractivity contribution in [3.05, 3.63) is 8.61 Å². The average molecular weight is 422 g/mol. The van der Waals surface area contributed by atoms with Crippen LogP contribution in [0.3, 0.4) is 0 Å². The Bertz CT molecular complexity index is 536. The molecule has 0 atom stereocenters. The number of amidine groups is 2. The predicted octanol–water partition coefficient (Wildman–Crippen LogP) is 3.26. The SMILES string of the molecule is CC1(C)CN2C(=N1)SC(I)=C2CSC1=NCC(C)(C)N1. The lowest BCUT2D eigenvalue weighted by atomic mass is 10.1. The van der Waals surface area contributed by atoms with Crippen molar-refractivity contribution in [2.24, 2.45) is 9.98 Å². The highest BCUT2D eigenvalue weighted by Crippen LogP contribution is 2.44. The molecule has 4 nitrogen and oxygen atoms in total. The second kappa shape index (κ2) is 5.08. The first-order valence-corrected chi connectivity index (χ1v) is 9.53. The summed E-state index contributed by atoms with van der Waals surface area (Å²) in [6, 6.07) is 0. The first-order chi connectivity index (χ1) is 9.26. The molecule has 0 saturated carbocycles. The van der Waals surface area contributed by atoms with Crippen molar-refractivity contribution < 1.29 is 0 Å². The second-order valence-corrected chi connectivity index (χ2v) is 10.3. The fraction of sp³-hybridized carbons (Fsp3) is 0.692. The van der Waals surface area contributed by atoms with Gasteiger partial charge in [0.1, 0.15) is 0 Å². The van der Waals surface area contributed by atoms with Crippen LogP contribution in [0, 0.1) is 0 Å². The van der Waals surface area contributed by atoms with Crippen LogP contribution in [0.2, 0.25) is 0 Å². The summed E-state index contributed by atoms with van der Waals surface area (Å²) in [6.07, 6.45) is 0. The molecule has 7 heteroatoms. The molecule has 0 amide bonds. The van der Waals surface area contributed by atoms with Crippen LogP contribution >= 0.6 is 46.1 Å². The quantitative estimate of drug-likeness (QED) is 0.694. The molecule has 3 heterocycles. The highest BCUT2D eigenvalue weighted by Gasteiger charge is 2.39. The van der Waals surface area contributed by atoms with Gasteiger partial charge in [0.05, 0.1) is 26.2 Å². The van der Waals surface area contributed by atoms with Crippen molar-refractivity contribution >= 4 is 56.4 Å². The van der Waals surface area contributed by atoms with E-state index in [4.69, 9.17) is 4.99 Å². The number of thioether (sulfide) groups is 2. The summed E-state index contributed by atoms with van der Waals surface area (Å²) in [6.45, 7) is 10.6. The van der Waals surface area contributed by atoms with Gasteiger partial charge in [-0.3, -0.25) is 9.98 Å². The van der Waals surface area contributed by atoms with E-state index in [2.05, 4.69) is 65.5 Å². The average Bonchev–Trinajstić information content (AvgIpc) is 2.87. The molecular formula is C13H19IN4S2. The van der Waals surface area contributed by atoms with E-state index in [0.29, 0.717) is 0 Å². The zero-order valence-electron chi connectivity index (χ0n) is 12.2. The summed E-state index contributed by atoms with van der Waals surface area (Å²) >= 11 is 6.03. The minimum atomic E-state index is 0.0424. The van der Waals surface area contributed by atoms with Crippen LogP contribution in [0.5, 0.6) is 0 Å². The molecule has 110 valence electrons. The molecule has 0 aromatic heterocycles. The molecule has 3 rings (SSSR count). The molecular weight excluding hydrogens is 403 g/mol. The Morgan fingerprint density at radius 1 is 1.40 bits per heavy atom. The van der Waals surface area contributed by atoms with Gasteiger partial charge in [0.2, 0.25) is 0 Å². The van der Waals surface area contributed by atoms with Gasteiger partial charge in [-0.2, -0.15) is 0 Å². The van der Waals surface area contributed by atoms with Gasteiger partial charge in [-0.25, -0.2) is 0 Å². The lowest BCUT2D eigenvalue weighted by molar-refractivity contribution is 0.436. The lowest BCUT2D eigenvalue weighted by Crippen LogP contribution is -2.38. The zero-order chi connectivity index (χ0) is 14.5. The zero-order valence-corrected chi connectivity index (χ0v) is 15.9. The predicted molar refractivity (Wildman–Crippen MR) is 98.8 cm³/mol. The maximum atomic E-state index is 4.79. The lowest BCUT2D eigenvalue weighted by Gasteiger charge is -2.21. The number of halogens is 1. The van der Waals surface area contributed by atoms with Crippen LogP contribution in [0.25, 0.3) is 0 Å². The normalized spacial score (nSPS) is 26.6. The van der Waals surface area contributed by atoms with E-state index in [-0.39, 0.29) is 11.1 Å². The Morgan fingerprint density at radius 2 is 2.15 bits per heavy atom. The molecule has 0 spiro atoms. The van der Waals surface area contributed by atoms with Crippen LogP contribution < -0.4 is 5.32 Å². The third-order valence-electron chi connectivity index (χ3n) is 3.32. The largest absolute Gasteiger partial charge is 0.358 e. The summed E-state index contributed by atoms with van der Waals surface area (Å²) < 4.78 is 1.35. The van der Waals surface area contributed by atoms with Crippen LogP contribution in [-0.4, -0.2) is 45.2 Å². The summed E-state index contributed by atoms with van der Waals surface area (Å²) in [4.78, 5) is 11.7. The van der Waals surface area contributed by atoms with Gasteiger partial charge in [-0.15, -0.1) is 0 Å². The molecule has 0 aromatic rings. The number of hydrogen-bond acceptors (Lipinski definition) is 6.